The average molecular weight is 180 g/mol. The van der Waals surface area contributed by atoms with E-state index in [1.807, 2.05) is 0 Å². The van der Waals surface area contributed by atoms with Crippen LogP contribution >= 0.6 is 8.25 Å². The normalized spacial score (nSPS) is 13.5. The highest BCUT2D eigenvalue weighted by Crippen LogP contribution is 2.14. The molecule has 0 amide bonds. The molecule has 4 nitrogen and oxygen atoms in total. The number of rotatable bonds is 5. The summed E-state index contributed by atoms with van der Waals surface area (Å²) in [6.07, 6.45) is 0.217. The van der Waals surface area contributed by atoms with Gasteiger partial charge in [0.1, 0.15) is 5.78 Å². The molecule has 0 rings (SSSR count). The zero-order valence-electron chi connectivity index (χ0n) is 6.66. The summed E-state index contributed by atoms with van der Waals surface area (Å²) in [6.45, 7) is 3.61. The van der Waals surface area contributed by atoms with Crippen LogP contribution < -0.4 is 0 Å². The first-order valence-corrected chi connectivity index (χ1v) is 4.69. The van der Waals surface area contributed by atoms with Gasteiger partial charge in [-0.2, -0.15) is 0 Å². The molecule has 0 aliphatic heterocycles. The molecule has 0 aliphatic rings. The molecular weight excluding hydrogens is 167 g/mol. The van der Waals surface area contributed by atoms with Crippen LogP contribution in [0.1, 0.15) is 20.3 Å². The van der Waals surface area contributed by atoms with E-state index in [2.05, 4.69) is 4.52 Å². The number of hydrogen-bond acceptors (Lipinski definition) is 3. The smallest absolute Gasteiger partial charge is 0.316 e. The molecule has 0 heterocycles. The fraction of sp³-hybridized carbons (Fsp3) is 0.833. The lowest BCUT2D eigenvalue weighted by Crippen LogP contribution is -2.08. The van der Waals surface area contributed by atoms with Gasteiger partial charge in [0.05, 0.1) is 6.61 Å². The van der Waals surface area contributed by atoms with Crippen LogP contribution in [0.15, 0.2) is 0 Å². The molecule has 5 heteroatoms. The second kappa shape index (κ2) is 5.47. The van der Waals surface area contributed by atoms with Gasteiger partial charge in [0, 0.05) is 12.3 Å². The molecule has 0 aromatic rings. The van der Waals surface area contributed by atoms with E-state index in [0.717, 1.165) is 0 Å². The molecule has 0 aromatic carbocycles. The van der Waals surface area contributed by atoms with E-state index < -0.39 is 8.25 Å². The maximum atomic E-state index is 10.9. The fourth-order valence-electron chi connectivity index (χ4n) is 0.528. The van der Waals surface area contributed by atoms with Crippen molar-refractivity contribution in [3.05, 3.63) is 0 Å². The van der Waals surface area contributed by atoms with Gasteiger partial charge >= 0.3 is 8.25 Å². The van der Waals surface area contributed by atoms with E-state index >= 15 is 0 Å². The van der Waals surface area contributed by atoms with Crippen molar-refractivity contribution in [3.63, 3.8) is 0 Å². The largest absolute Gasteiger partial charge is 0.326 e. The molecule has 0 aromatic heterocycles. The Morgan fingerprint density at radius 1 is 1.64 bits per heavy atom. The van der Waals surface area contributed by atoms with Crippen LogP contribution in [0.25, 0.3) is 0 Å². The number of carbonyl (C=O) groups is 1. The number of carbonyl (C=O) groups excluding carboxylic acids is 1. The van der Waals surface area contributed by atoms with E-state index in [9.17, 15) is 9.36 Å². The third-order valence-electron chi connectivity index (χ3n) is 1.22. The van der Waals surface area contributed by atoms with Crippen molar-refractivity contribution in [1.82, 2.24) is 0 Å². The van der Waals surface area contributed by atoms with Crippen molar-refractivity contribution < 1.29 is 18.8 Å². The third-order valence-corrected chi connectivity index (χ3v) is 1.67. The Kier molecular flexibility index (Phi) is 5.38. The Balaban J connectivity index is 3.39. The van der Waals surface area contributed by atoms with Gasteiger partial charge in [0.2, 0.25) is 0 Å². The first kappa shape index (κ1) is 10.8. The predicted octanol–water partition coefficient (Wildman–Crippen LogP) is 1.00. The SMILES string of the molecule is CC(C)C(=O)CCO[PH](=O)O. The van der Waals surface area contributed by atoms with Gasteiger partial charge in [0.15, 0.2) is 0 Å². The summed E-state index contributed by atoms with van der Waals surface area (Å²) in [7, 11) is -2.86. The molecule has 1 unspecified atom stereocenters. The minimum Gasteiger partial charge on any atom is -0.326 e. The van der Waals surface area contributed by atoms with Crippen molar-refractivity contribution in [1.29, 1.82) is 0 Å². The van der Waals surface area contributed by atoms with Gasteiger partial charge in [0.25, 0.3) is 0 Å². The topological polar surface area (TPSA) is 63.6 Å². The molecule has 0 aliphatic carbocycles. The summed E-state index contributed by atoms with van der Waals surface area (Å²) in [6, 6.07) is 0. The number of ketones is 1. The minimum atomic E-state index is -2.86. The number of Topliss-reactive ketones (excluding diaryl/α,β-unsaturated/α-hetero) is 1. The molecule has 66 valence electrons. The van der Waals surface area contributed by atoms with Crippen molar-refractivity contribution >= 4 is 14.0 Å². The Hall–Kier alpha value is -0.180. The zero-order chi connectivity index (χ0) is 8.85. The molecule has 0 saturated carbocycles. The van der Waals surface area contributed by atoms with Crippen LogP contribution in [0.5, 0.6) is 0 Å². The molecule has 0 bridgehead atoms. The summed E-state index contributed by atoms with van der Waals surface area (Å²) >= 11 is 0. The van der Waals surface area contributed by atoms with Crippen LogP contribution in [-0.2, 0) is 13.9 Å². The van der Waals surface area contributed by atoms with Crippen LogP contribution in [0.2, 0.25) is 0 Å². The second-order valence-electron chi connectivity index (χ2n) is 2.49. The van der Waals surface area contributed by atoms with Gasteiger partial charge in [-0.05, 0) is 0 Å². The maximum absolute atomic E-state index is 10.9. The van der Waals surface area contributed by atoms with Crippen LogP contribution in [-0.4, -0.2) is 17.3 Å². The zero-order valence-corrected chi connectivity index (χ0v) is 7.66. The summed E-state index contributed by atoms with van der Waals surface area (Å²) in [4.78, 5) is 19.1. The lowest BCUT2D eigenvalue weighted by molar-refractivity contribution is -0.122. The second-order valence-corrected chi connectivity index (χ2v) is 3.31. The molecule has 0 spiro atoms. The van der Waals surface area contributed by atoms with Gasteiger partial charge in [-0.25, -0.2) is 0 Å². The maximum Gasteiger partial charge on any atom is 0.316 e. The van der Waals surface area contributed by atoms with E-state index in [-0.39, 0.29) is 24.7 Å². The van der Waals surface area contributed by atoms with Gasteiger partial charge in [-0.1, -0.05) is 13.8 Å². The Labute approximate surface area is 66.5 Å². The summed E-state index contributed by atoms with van der Waals surface area (Å²) in [5, 5.41) is 0. The molecule has 11 heavy (non-hydrogen) atoms. The molecule has 0 saturated heterocycles. The van der Waals surface area contributed by atoms with E-state index in [0.29, 0.717) is 0 Å². The Morgan fingerprint density at radius 2 is 2.18 bits per heavy atom. The minimum absolute atomic E-state index is 0.0281. The molecular formula is C6H13O4P. The lowest BCUT2D eigenvalue weighted by Gasteiger charge is -2.02. The quantitative estimate of drug-likeness (QED) is 0.641. The average Bonchev–Trinajstić information content (AvgIpc) is 1.86. The summed E-state index contributed by atoms with van der Waals surface area (Å²) in [5.74, 6) is 0.0212. The molecule has 0 radical (unpaired) electrons. The highest BCUT2D eigenvalue weighted by Gasteiger charge is 2.06. The van der Waals surface area contributed by atoms with Crippen LogP contribution in [0.3, 0.4) is 0 Å². The highest BCUT2D eigenvalue weighted by molar-refractivity contribution is 7.32. The number of hydrogen-bond donors (Lipinski definition) is 1. The molecule has 0 fully saturated rings. The van der Waals surface area contributed by atoms with E-state index in [1.54, 1.807) is 13.8 Å². The van der Waals surface area contributed by atoms with Crippen LogP contribution in [0.4, 0.5) is 0 Å². The highest BCUT2D eigenvalue weighted by atomic mass is 31.1. The van der Waals surface area contributed by atoms with Gasteiger partial charge < -0.3 is 9.42 Å². The van der Waals surface area contributed by atoms with E-state index in [1.165, 1.54) is 0 Å². The predicted molar refractivity (Wildman–Crippen MR) is 41.6 cm³/mol. The van der Waals surface area contributed by atoms with E-state index in [4.69, 9.17) is 4.89 Å². The van der Waals surface area contributed by atoms with Crippen LogP contribution in [0, 0.1) is 5.92 Å². The van der Waals surface area contributed by atoms with Gasteiger partial charge in [-0.15, -0.1) is 0 Å². The Morgan fingerprint density at radius 3 is 2.55 bits per heavy atom. The standard InChI is InChI=1S/C6H13O4P/c1-5(2)6(7)3-4-10-11(8)9/h5,11H,3-4H2,1-2H3,(H,8,9). The van der Waals surface area contributed by atoms with Crippen molar-refractivity contribution in [2.24, 2.45) is 5.92 Å². The fourth-order valence-corrected chi connectivity index (χ4v) is 0.804. The van der Waals surface area contributed by atoms with Crippen molar-refractivity contribution in [2.45, 2.75) is 20.3 Å². The molecule has 1 atom stereocenters. The van der Waals surface area contributed by atoms with Crippen molar-refractivity contribution in [2.75, 3.05) is 6.61 Å². The van der Waals surface area contributed by atoms with Crippen molar-refractivity contribution in [3.8, 4) is 0 Å². The lowest BCUT2D eigenvalue weighted by atomic mass is 10.1. The third kappa shape index (κ3) is 6.23. The molecule has 1 N–H and O–H groups in total. The summed E-state index contributed by atoms with van der Waals surface area (Å²) < 4.78 is 14.3. The monoisotopic (exact) mass is 180 g/mol. The first-order chi connectivity index (χ1) is 5.04. The Bertz CT molecular complexity index is 155. The first-order valence-electron chi connectivity index (χ1n) is 3.42. The summed E-state index contributed by atoms with van der Waals surface area (Å²) in [5.41, 5.74) is 0. The van der Waals surface area contributed by atoms with Gasteiger partial charge in [-0.3, -0.25) is 9.36 Å².